The Morgan fingerprint density at radius 1 is 1.31 bits per heavy atom. The Morgan fingerprint density at radius 3 is 2.84 bits per heavy atom. The van der Waals surface area contributed by atoms with E-state index in [0.717, 1.165) is 5.56 Å². The van der Waals surface area contributed by atoms with Crippen molar-refractivity contribution in [3.8, 4) is 0 Å². The monoisotopic (exact) mass is 464 g/mol. The molecule has 1 atom stereocenters. The topological polar surface area (TPSA) is 163 Å². The fourth-order valence-corrected chi connectivity index (χ4v) is 4.11. The lowest BCUT2D eigenvalue weighted by molar-refractivity contribution is -0.141. The van der Waals surface area contributed by atoms with E-state index in [9.17, 15) is 14.2 Å². The predicted molar refractivity (Wildman–Crippen MR) is 117 cm³/mol. The van der Waals surface area contributed by atoms with Crippen LogP contribution in [0.2, 0.25) is 0 Å². The second kappa shape index (κ2) is 11.0. The summed E-state index contributed by atoms with van der Waals surface area (Å²) >= 11 is 0. The van der Waals surface area contributed by atoms with E-state index >= 15 is 0 Å². The molecule has 3 aromatic rings. The second-order valence-electron chi connectivity index (χ2n) is 6.67. The number of anilines is 1. The van der Waals surface area contributed by atoms with Crippen LogP contribution >= 0.6 is 7.52 Å². The third-order valence-corrected chi connectivity index (χ3v) is 5.99. The lowest BCUT2D eigenvalue weighted by atomic mass is 10.2. The molecule has 2 heterocycles. The number of fused-ring (bicyclic) bond motifs is 1. The molecule has 0 aliphatic carbocycles. The van der Waals surface area contributed by atoms with Crippen LogP contribution in [0.3, 0.4) is 0 Å². The number of ether oxygens (including phenoxy) is 2. The van der Waals surface area contributed by atoms with E-state index in [2.05, 4.69) is 20.0 Å². The normalized spacial score (nSPS) is 13.2. The number of aromatic nitrogens is 4. The van der Waals surface area contributed by atoms with Crippen LogP contribution in [0.4, 0.5) is 5.95 Å². The number of hydrogen-bond donors (Lipinski definition) is 3. The van der Waals surface area contributed by atoms with Crippen molar-refractivity contribution < 1.29 is 23.4 Å². The first-order valence-corrected chi connectivity index (χ1v) is 11.7. The Kier molecular flexibility index (Phi) is 8.12. The summed E-state index contributed by atoms with van der Waals surface area (Å²) in [6, 6.07) is 9.21. The van der Waals surface area contributed by atoms with Crippen molar-refractivity contribution in [1.29, 1.82) is 0 Å². The molecule has 32 heavy (non-hydrogen) atoms. The first kappa shape index (κ1) is 23.6. The van der Waals surface area contributed by atoms with E-state index in [0.29, 0.717) is 5.65 Å². The van der Waals surface area contributed by atoms with E-state index in [4.69, 9.17) is 19.7 Å². The van der Waals surface area contributed by atoms with E-state index < -0.39 is 19.0 Å². The first-order valence-electron chi connectivity index (χ1n) is 9.87. The van der Waals surface area contributed by atoms with Gasteiger partial charge < -0.3 is 24.3 Å². The van der Waals surface area contributed by atoms with E-state index in [1.807, 2.05) is 30.3 Å². The zero-order chi connectivity index (χ0) is 23.0. The number of benzene rings is 1. The van der Waals surface area contributed by atoms with Gasteiger partial charge in [-0.25, -0.2) is 10.1 Å². The molecule has 0 amide bonds. The number of H-pyrrole nitrogens is 1. The molecule has 4 N–H and O–H groups in total. The van der Waals surface area contributed by atoms with Gasteiger partial charge in [-0.2, -0.15) is 4.98 Å². The summed E-state index contributed by atoms with van der Waals surface area (Å²) in [7, 11) is -3.52. The van der Waals surface area contributed by atoms with Gasteiger partial charge >= 0.3 is 5.97 Å². The SMILES string of the molecule is CCOC(=O)CNP(=O)(COCCn1cnc2c(=O)[nH]c(N)nc21)OCc1ccccc1. The van der Waals surface area contributed by atoms with Crippen molar-refractivity contribution >= 4 is 30.6 Å². The molecular weight excluding hydrogens is 439 g/mol. The highest BCUT2D eigenvalue weighted by Gasteiger charge is 2.25. The van der Waals surface area contributed by atoms with Gasteiger partial charge in [-0.1, -0.05) is 30.3 Å². The summed E-state index contributed by atoms with van der Waals surface area (Å²) in [5.74, 6) is -0.568. The van der Waals surface area contributed by atoms with Gasteiger partial charge in [-0.15, -0.1) is 0 Å². The number of carbonyl (C=O) groups excluding carboxylic acids is 1. The second-order valence-corrected chi connectivity index (χ2v) is 8.85. The predicted octanol–water partition coefficient (Wildman–Crippen LogP) is 1.24. The van der Waals surface area contributed by atoms with Crippen molar-refractivity contribution in [3.63, 3.8) is 0 Å². The first-order chi connectivity index (χ1) is 15.4. The number of imidazole rings is 1. The standard InChI is InChI=1S/C19H25N6O6P/c1-2-30-15(26)10-22-32(28,31-11-14-6-4-3-5-7-14)13-29-9-8-25-12-21-16-17(25)23-19(20)24-18(16)27/h3-7,12H,2,8-11,13H2,1H3,(H,22,28)(H3,20,23,24,27). The number of esters is 1. The zero-order valence-electron chi connectivity index (χ0n) is 17.5. The smallest absolute Gasteiger partial charge is 0.320 e. The Balaban J connectivity index is 1.59. The van der Waals surface area contributed by atoms with Gasteiger partial charge in [-0.05, 0) is 12.5 Å². The van der Waals surface area contributed by atoms with Gasteiger partial charge in [0.2, 0.25) is 5.95 Å². The number of hydrogen-bond acceptors (Lipinski definition) is 9. The summed E-state index contributed by atoms with van der Waals surface area (Å²) in [4.78, 5) is 34.0. The molecule has 0 spiro atoms. The van der Waals surface area contributed by atoms with Gasteiger partial charge in [0.05, 0.1) is 26.1 Å². The molecule has 0 bridgehead atoms. The van der Waals surface area contributed by atoms with Gasteiger partial charge in [0.15, 0.2) is 11.2 Å². The van der Waals surface area contributed by atoms with Crippen molar-refractivity contribution in [2.45, 2.75) is 20.1 Å². The highest BCUT2D eigenvalue weighted by atomic mass is 31.2. The maximum atomic E-state index is 13.2. The Labute approximate surface area is 183 Å². The van der Waals surface area contributed by atoms with Crippen LogP contribution in [0.25, 0.3) is 11.2 Å². The van der Waals surface area contributed by atoms with Crippen molar-refractivity contribution in [2.24, 2.45) is 0 Å². The third-order valence-electron chi connectivity index (χ3n) is 4.28. The fourth-order valence-electron chi connectivity index (χ4n) is 2.76. The lowest BCUT2D eigenvalue weighted by Gasteiger charge is -2.19. The zero-order valence-corrected chi connectivity index (χ0v) is 18.4. The number of rotatable bonds is 12. The van der Waals surface area contributed by atoms with Gasteiger partial charge in [0.1, 0.15) is 12.9 Å². The van der Waals surface area contributed by atoms with Gasteiger partial charge in [-0.3, -0.25) is 19.1 Å². The Hall–Kier alpha value is -3.05. The number of nitrogens with two attached hydrogens (primary N) is 1. The molecule has 0 aliphatic rings. The van der Waals surface area contributed by atoms with Crippen molar-refractivity contribution in [3.05, 3.63) is 52.6 Å². The molecule has 1 unspecified atom stereocenters. The van der Waals surface area contributed by atoms with Crippen LogP contribution in [-0.4, -0.2) is 51.6 Å². The van der Waals surface area contributed by atoms with Crippen molar-refractivity contribution in [1.82, 2.24) is 24.6 Å². The molecule has 2 aromatic heterocycles. The van der Waals surface area contributed by atoms with Gasteiger partial charge in [0, 0.05) is 6.54 Å². The molecule has 172 valence electrons. The molecule has 0 saturated carbocycles. The molecular formula is C19H25N6O6P. The van der Waals surface area contributed by atoms with Crippen molar-refractivity contribution in [2.75, 3.05) is 31.8 Å². The van der Waals surface area contributed by atoms with Gasteiger partial charge in [0.25, 0.3) is 13.1 Å². The maximum absolute atomic E-state index is 13.2. The highest BCUT2D eigenvalue weighted by Crippen LogP contribution is 2.43. The Bertz CT molecular complexity index is 1150. The molecule has 0 fully saturated rings. The largest absolute Gasteiger partial charge is 0.465 e. The van der Waals surface area contributed by atoms with Crippen LogP contribution in [0.15, 0.2) is 41.5 Å². The highest BCUT2D eigenvalue weighted by molar-refractivity contribution is 7.56. The minimum atomic E-state index is -3.52. The summed E-state index contributed by atoms with van der Waals surface area (Å²) in [5.41, 5.74) is 6.45. The Morgan fingerprint density at radius 2 is 2.09 bits per heavy atom. The van der Waals surface area contributed by atoms with Crippen LogP contribution in [0.1, 0.15) is 12.5 Å². The van der Waals surface area contributed by atoms with E-state index in [1.165, 1.54) is 6.33 Å². The molecule has 1 aromatic carbocycles. The number of nitrogen functional groups attached to an aromatic ring is 1. The number of carbonyl (C=O) groups is 1. The maximum Gasteiger partial charge on any atom is 0.320 e. The molecule has 0 saturated heterocycles. The third kappa shape index (κ3) is 6.47. The minimum Gasteiger partial charge on any atom is -0.465 e. The van der Waals surface area contributed by atoms with E-state index in [1.54, 1.807) is 11.5 Å². The minimum absolute atomic E-state index is 0.0212. The summed E-state index contributed by atoms with van der Waals surface area (Å²) in [6.45, 7) is 2.11. The molecule has 3 rings (SSSR count). The fraction of sp³-hybridized carbons (Fsp3) is 0.368. The summed E-state index contributed by atoms with van der Waals surface area (Å²) in [6.07, 6.45) is 1.17. The average molecular weight is 464 g/mol. The average Bonchev–Trinajstić information content (AvgIpc) is 3.18. The lowest BCUT2D eigenvalue weighted by Crippen LogP contribution is -2.25. The quantitative estimate of drug-likeness (QED) is 0.202. The van der Waals surface area contributed by atoms with Crippen LogP contribution in [0, 0.1) is 0 Å². The molecule has 0 radical (unpaired) electrons. The molecule has 0 aliphatic heterocycles. The summed E-state index contributed by atoms with van der Waals surface area (Å²) < 4.78 is 30.8. The van der Waals surface area contributed by atoms with Crippen LogP contribution < -0.4 is 16.4 Å². The molecule has 13 heteroatoms. The number of nitrogens with one attached hydrogen (secondary N) is 2. The number of nitrogens with zero attached hydrogens (tertiary/aromatic N) is 3. The number of aromatic amines is 1. The summed E-state index contributed by atoms with van der Waals surface area (Å²) in [5, 5.41) is 2.63. The van der Waals surface area contributed by atoms with Crippen LogP contribution in [-0.2, 0) is 36.5 Å². The van der Waals surface area contributed by atoms with Crippen LogP contribution in [0.5, 0.6) is 0 Å². The molecule has 12 nitrogen and oxygen atoms in total. The van der Waals surface area contributed by atoms with E-state index in [-0.39, 0.29) is 50.7 Å².